The SMILES string of the molecule is C=CC(=O)Nc1ccc(OC)cc1N(C)CCN1CCCC1. The summed E-state index contributed by atoms with van der Waals surface area (Å²) in [4.78, 5) is 16.2. The molecule has 0 aliphatic carbocycles. The minimum atomic E-state index is -0.209. The molecule has 0 radical (unpaired) electrons. The smallest absolute Gasteiger partial charge is 0.247 e. The Morgan fingerprint density at radius 1 is 1.45 bits per heavy atom. The number of likely N-dealkylation sites (tertiary alicyclic amines) is 1. The van der Waals surface area contributed by atoms with Gasteiger partial charge in [-0.25, -0.2) is 0 Å². The fourth-order valence-electron chi connectivity index (χ4n) is 2.66. The first-order valence-electron chi connectivity index (χ1n) is 7.69. The maximum absolute atomic E-state index is 11.6. The van der Waals surface area contributed by atoms with Gasteiger partial charge in [-0.1, -0.05) is 6.58 Å². The molecule has 22 heavy (non-hydrogen) atoms. The minimum absolute atomic E-state index is 0.209. The highest BCUT2D eigenvalue weighted by molar-refractivity contribution is 6.01. The number of anilines is 2. The van der Waals surface area contributed by atoms with E-state index in [-0.39, 0.29) is 5.91 Å². The number of nitrogens with zero attached hydrogens (tertiary/aromatic N) is 2. The lowest BCUT2D eigenvalue weighted by atomic mass is 10.2. The maximum atomic E-state index is 11.6. The second-order valence-corrected chi connectivity index (χ2v) is 5.55. The summed E-state index contributed by atoms with van der Waals surface area (Å²) in [6.07, 6.45) is 3.87. The van der Waals surface area contributed by atoms with Crippen molar-refractivity contribution in [1.82, 2.24) is 4.90 Å². The summed E-state index contributed by atoms with van der Waals surface area (Å²) in [5, 5.41) is 2.85. The first-order valence-corrected chi connectivity index (χ1v) is 7.69. The van der Waals surface area contributed by atoms with E-state index in [0.717, 1.165) is 30.2 Å². The van der Waals surface area contributed by atoms with Crippen LogP contribution in [0.15, 0.2) is 30.9 Å². The van der Waals surface area contributed by atoms with Crippen LogP contribution in [0.5, 0.6) is 5.75 Å². The van der Waals surface area contributed by atoms with E-state index < -0.39 is 0 Å². The quantitative estimate of drug-likeness (QED) is 0.785. The van der Waals surface area contributed by atoms with Crippen molar-refractivity contribution in [2.45, 2.75) is 12.8 Å². The van der Waals surface area contributed by atoms with Crippen molar-refractivity contribution in [3.8, 4) is 5.75 Å². The lowest BCUT2D eigenvalue weighted by molar-refractivity contribution is -0.111. The van der Waals surface area contributed by atoms with Crippen LogP contribution in [0.2, 0.25) is 0 Å². The number of amides is 1. The molecule has 0 bridgehead atoms. The van der Waals surface area contributed by atoms with Gasteiger partial charge in [-0.05, 0) is 44.1 Å². The highest BCUT2D eigenvalue weighted by Crippen LogP contribution is 2.30. The average Bonchev–Trinajstić information content (AvgIpc) is 3.06. The molecular formula is C17H25N3O2. The number of hydrogen-bond donors (Lipinski definition) is 1. The zero-order chi connectivity index (χ0) is 15.9. The van der Waals surface area contributed by atoms with Crippen molar-refractivity contribution >= 4 is 17.3 Å². The Balaban J connectivity index is 2.10. The first kappa shape index (κ1) is 16.4. The van der Waals surface area contributed by atoms with Gasteiger partial charge in [0.25, 0.3) is 0 Å². The van der Waals surface area contributed by atoms with Crippen LogP contribution in [0, 0.1) is 0 Å². The van der Waals surface area contributed by atoms with Gasteiger partial charge in [0.15, 0.2) is 0 Å². The van der Waals surface area contributed by atoms with E-state index in [1.54, 1.807) is 7.11 Å². The summed E-state index contributed by atoms with van der Waals surface area (Å²) < 4.78 is 5.30. The number of ether oxygens (including phenoxy) is 1. The van der Waals surface area contributed by atoms with E-state index >= 15 is 0 Å². The summed E-state index contributed by atoms with van der Waals surface area (Å²) in [7, 11) is 3.68. The standard InChI is InChI=1S/C17H25N3O2/c1-4-17(21)18-15-8-7-14(22-3)13-16(15)19(2)11-12-20-9-5-6-10-20/h4,7-8,13H,1,5-6,9-12H2,2-3H3,(H,18,21). The fraction of sp³-hybridized carbons (Fsp3) is 0.471. The summed E-state index contributed by atoms with van der Waals surface area (Å²) in [6, 6.07) is 5.65. The van der Waals surface area contributed by atoms with Crippen LogP contribution >= 0.6 is 0 Å². The molecule has 0 spiro atoms. The topological polar surface area (TPSA) is 44.8 Å². The molecule has 0 saturated carbocycles. The normalized spacial score (nSPS) is 14.6. The lowest BCUT2D eigenvalue weighted by Crippen LogP contribution is -2.31. The molecular weight excluding hydrogens is 278 g/mol. The third-order valence-electron chi connectivity index (χ3n) is 4.01. The number of carbonyl (C=O) groups is 1. The van der Waals surface area contributed by atoms with E-state index in [9.17, 15) is 4.79 Å². The number of methoxy groups -OCH3 is 1. The molecule has 0 aromatic heterocycles. The van der Waals surface area contributed by atoms with Crippen LogP contribution in [0.3, 0.4) is 0 Å². The van der Waals surface area contributed by atoms with E-state index in [0.29, 0.717) is 0 Å². The van der Waals surface area contributed by atoms with Gasteiger partial charge >= 0.3 is 0 Å². The van der Waals surface area contributed by atoms with Gasteiger partial charge in [0, 0.05) is 26.2 Å². The molecule has 1 aromatic carbocycles. The number of nitrogens with one attached hydrogen (secondary N) is 1. The second-order valence-electron chi connectivity index (χ2n) is 5.55. The summed E-state index contributed by atoms with van der Waals surface area (Å²) in [5.41, 5.74) is 1.73. The van der Waals surface area contributed by atoms with Gasteiger partial charge in [0.1, 0.15) is 5.75 Å². The number of carbonyl (C=O) groups excluding carboxylic acids is 1. The molecule has 0 unspecified atom stereocenters. The number of hydrogen-bond acceptors (Lipinski definition) is 4. The number of rotatable bonds is 7. The lowest BCUT2D eigenvalue weighted by Gasteiger charge is -2.25. The molecule has 0 atom stereocenters. The second kappa shape index (κ2) is 7.84. The number of likely N-dealkylation sites (N-methyl/N-ethyl adjacent to an activating group) is 1. The molecule has 1 aliphatic rings. The predicted molar refractivity (Wildman–Crippen MR) is 90.8 cm³/mol. The highest BCUT2D eigenvalue weighted by atomic mass is 16.5. The van der Waals surface area contributed by atoms with E-state index in [1.165, 1.54) is 32.0 Å². The van der Waals surface area contributed by atoms with Crippen molar-refractivity contribution < 1.29 is 9.53 Å². The molecule has 1 N–H and O–H groups in total. The Morgan fingerprint density at radius 3 is 2.82 bits per heavy atom. The van der Waals surface area contributed by atoms with Crippen molar-refractivity contribution in [2.75, 3.05) is 50.6 Å². The molecule has 1 amide bonds. The van der Waals surface area contributed by atoms with E-state index in [2.05, 4.69) is 21.7 Å². The molecule has 1 saturated heterocycles. The van der Waals surface area contributed by atoms with Crippen molar-refractivity contribution in [2.24, 2.45) is 0 Å². The van der Waals surface area contributed by atoms with Gasteiger partial charge in [0.2, 0.25) is 5.91 Å². The van der Waals surface area contributed by atoms with Crippen molar-refractivity contribution in [3.63, 3.8) is 0 Å². The van der Waals surface area contributed by atoms with Gasteiger partial charge in [-0.15, -0.1) is 0 Å². The Bertz CT molecular complexity index is 525. The monoisotopic (exact) mass is 303 g/mol. The molecule has 1 aromatic rings. The molecule has 1 fully saturated rings. The van der Waals surface area contributed by atoms with Gasteiger partial charge in [-0.3, -0.25) is 4.79 Å². The van der Waals surface area contributed by atoms with Crippen LogP contribution in [0.4, 0.5) is 11.4 Å². The van der Waals surface area contributed by atoms with Crippen LogP contribution in [0.1, 0.15) is 12.8 Å². The van der Waals surface area contributed by atoms with Crippen LogP contribution < -0.4 is 15.0 Å². The number of benzene rings is 1. The molecule has 5 heteroatoms. The summed E-state index contributed by atoms with van der Waals surface area (Å²) in [5.74, 6) is 0.569. The summed E-state index contributed by atoms with van der Waals surface area (Å²) >= 11 is 0. The van der Waals surface area contributed by atoms with Crippen molar-refractivity contribution in [1.29, 1.82) is 0 Å². The molecule has 120 valence electrons. The maximum Gasteiger partial charge on any atom is 0.247 e. The zero-order valence-corrected chi connectivity index (χ0v) is 13.5. The van der Waals surface area contributed by atoms with Gasteiger partial charge < -0.3 is 19.9 Å². The molecule has 1 aliphatic heterocycles. The fourth-order valence-corrected chi connectivity index (χ4v) is 2.66. The highest BCUT2D eigenvalue weighted by Gasteiger charge is 2.14. The molecule has 2 rings (SSSR count). The third-order valence-corrected chi connectivity index (χ3v) is 4.01. The zero-order valence-electron chi connectivity index (χ0n) is 13.5. The van der Waals surface area contributed by atoms with Crippen molar-refractivity contribution in [3.05, 3.63) is 30.9 Å². The minimum Gasteiger partial charge on any atom is -0.497 e. The van der Waals surface area contributed by atoms with Crippen LogP contribution in [0.25, 0.3) is 0 Å². The first-order chi connectivity index (χ1) is 10.6. The average molecular weight is 303 g/mol. The largest absolute Gasteiger partial charge is 0.497 e. The Morgan fingerprint density at radius 2 is 2.18 bits per heavy atom. The summed E-state index contributed by atoms with van der Waals surface area (Å²) in [6.45, 7) is 7.81. The van der Waals surface area contributed by atoms with Crippen LogP contribution in [-0.4, -0.2) is 51.1 Å². The van der Waals surface area contributed by atoms with Gasteiger partial charge in [0.05, 0.1) is 18.5 Å². The van der Waals surface area contributed by atoms with Gasteiger partial charge in [-0.2, -0.15) is 0 Å². The molecule has 5 nitrogen and oxygen atoms in total. The third kappa shape index (κ3) is 4.24. The Hall–Kier alpha value is -2.01. The van der Waals surface area contributed by atoms with Crippen LogP contribution in [-0.2, 0) is 4.79 Å². The predicted octanol–water partition coefficient (Wildman–Crippen LogP) is 2.35. The Kier molecular flexibility index (Phi) is 5.83. The molecule has 1 heterocycles. The van der Waals surface area contributed by atoms with E-state index in [1.807, 2.05) is 25.2 Å². The van der Waals surface area contributed by atoms with E-state index in [4.69, 9.17) is 4.74 Å². The Labute approximate surface area is 132 Å².